The van der Waals surface area contributed by atoms with Crippen molar-refractivity contribution in [2.75, 3.05) is 6.61 Å². The van der Waals surface area contributed by atoms with Crippen molar-refractivity contribution in [3.63, 3.8) is 0 Å². The highest BCUT2D eigenvalue weighted by molar-refractivity contribution is 5.86. The maximum atomic E-state index is 11.6. The number of nitrogens with zero attached hydrogens (tertiary/aromatic N) is 1. The number of hydrogen-bond acceptors (Lipinski definition) is 2. The third-order valence-corrected chi connectivity index (χ3v) is 3.84. The molecule has 0 unspecified atom stereocenters. The quantitative estimate of drug-likeness (QED) is 0.242. The smallest absolute Gasteiger partial charge is 0.330 e. The van der Waals surface area contributed by atoms with E-state index in [4.69, 9.17) is 4.74 Å². The number of rotatable bonds is 12. The van der Waals surface area contributed by atoms with E-state index in [0.29, 0.717) is 6.61 Å². The molecule has 1 aromatic heterocycles. The van der Waals surface area contributed by atoms with Gasteiger partial charge < -0.3 is 4.74 Å². The Balaban J connectivity index is 2.26. The van der Waals surface area contributed by atoms with Gasteiger partial charge in [-0.2, -0.15) is 0 Å². The molecule has 3 heteroatoms. The highest BCUT2D eigenvalue weighted by Crippen LogP contribution is 2.02. The molecule has 0 aromatic carbocycles. The van der Waals surface area contributed by atoms with Crippen LogP contribution in [0.1, 0.15) is 70.8 Å². The minimum atomic E-state index is -0.252. The Bertz CT molecular complexity index is 451. The van der Waals surface area contributed by atoms with Crippen LogP contribution in [0.4, 0.5) is 0 Å². The van der Waals surface area contributed by atoms with Crippen LogP contribution in [0.3, 0.4) is 0 Å². The molecule has 0 spiro atoms. The Kier molecular flexibility index (Phi) is 10.9. The van der Waals surface area contributed by atoms with Gasteiger partial charge in [0.15, 0.2) is 12.4 Å². The predicted molar refractivity (Wildman–Crippen MR) is 94.9 cm³/mol. The summed E-state index contributed by atoms with van der Waals surface area (Å²) in [4.78, 5) is 11.6. The molecule has 0 N–H and O–H groups in total. The predicted octanol–water partition coefficient (Wildman–Crippen LogP) is 4.69. The number of pyridine rings is 1. The topological polar surface area (TPSA) is 30.2 Å². The van der Waals surface area contributed by atoms with E-state index in [2.05, 4.69) is 30.8 Å². The van der Waals surface area contributed by atoms with Crippen molar-refractivity contribution in [3.8, 4) is 0 Å². The Morgan fingerprint density at radius 3 is 2.30 bits per heavy atom. The molecule has 1 rings (SSSR count). The molecule has 0 saturated heterocycles. The van der Waals surface area contributed by atoms with Gasteiger partial charge in [0.2, 0.25) is 0 Å². The van der Waals surface area contributed by atoms with Crippen LogP contribution >= 0.6 is 0 Å². The Morgan fingerprint density at radius 2 is 1.65 bits per heavy atom. The summed E-state index contributed by atoms with van der Waals surface area (Å²) in [6.45, 7) is 5.98. The zero-order valence-electron chi connectivity index (χ0n) is 14.8. The normalized spacial score (nSPS) is 11.0. The van der Waals surface area contributed by atoms with Gasteiger partial charge in [0.25, 0.3) is 0 Å². The van der Waals surface area contributed by atoms with Crippen molar-refractivity contribution >= 4 is 12.0 Å². The third kappa shape index (κ3) is 9.88. The molecule has 0 amide bonds. The number of carbonyl (C=O) groups is 1. The summed E-state index contributed by atoms with van der Waals surface area (Å²) in [5.74, 6) is -0.252. The first kappa shape index (κ1) is 19.4. The highest BCUT2D eigenvalue weighted by Gasteiger charge is 2.01. The van der Waals surface area contributed by atoms with Crippen molar-refractivity contribution in [3.05, 3.63) is 36.2 Å². The summed E-state index contributed by atoms with van der Waals surface area (Å²) < 4.78 is 7.37. The monoisotopic (exact) mass is 318 g/mol. The van der Waals surface area contributed by atoms with Crippen LogP contribution in [-0.4, -0.2) is 12.6 Å². The minimum absolute atomic E-state index is 0.252. The zero-order valence-corrected chi connectivity index (χ0v) is 14.8. The number of aromatic nitrogens is 1. The molecular formula is C20H32NO2+. The number of aryl methyl sites for hydroxylation is 1. The molecule has 0 aliphatic rings. The Hall–Kier alpha value is -1.64. The summed E-state index contributed by atoms with van der Waals surface area (Å²) in [5, 5.41) is 0. The van der Waals surface area contributed by atoms with E-state index in [1.165, 1.54) is 44.6 Å². The van der Waals surface area contributed by atoms with Gasteiger partial charge in [0.1, 0.15) is 6.54 Å². The van der Waals surface area contributed by atoms with E-state index in [1.807, 2.05) is 18.2 Å². The van der Waals surface area contributed by atoms with Crippen molar-refractivity contribution in [1.29, 1.82) is 0 Å². The zero-order chi connectivity index (χ0) is 16.8. The molecule has 1 aromatic rings. The van der Waals surface area contributed by atoms with Crippen molar-refractivity contribution in [1.82, 2.24) is 0 Å². The van der Waals surface area contributed by atoms with Crippen LogP contribution in [0, 0.1) is 0 Å². The number of unbranched alkanes of at least 4 members (excludes halogenated alkanes) is 6. The van der Waals surface area contributed by atoms with Crippen molar-refractivity contribution in [2.24, 2.45) is 0 Å². The molecule has 0 saturated carbocycles. The fraction of sp³-hybridized carbons (Fsp3) is 0.600. The van der Waals surface area contributed by atoms with E-state index in [1.54, 1.807) is 0 Å². The molecule has 0 bridgehead atoms. The lowest BCUT2D eigenvalue weighted by Gasteiger charge is -2.01. The lowest BCUT2D eigenvalue weighted by Crippen LogP contribution is -2.32. The van der Waals surface area contributed by atoms with E-state index in [0.717, 1.165) is 24.9 Å². The summed E-state index contributed by atoms with van der Waals surface area (Å²) in [7, 11) is 0. The van der Waals surface area contributed by atoms with Crippen LogP contribution in [0.25, 0.3) is 6.08 Å². The van der Waals surface area contributed by atoms with Gasteiger partial charge in [-0.1, -0.05) is 46.0 Å². The van der Waals surface area contributed by atoms with Crippen LogP contribution in [0.2, 0.25) is 0 Å². The lowest BCUT2D eigenvalue weighted by molar-refractivity contribution is -0.697. The van der Waals surface area contributed by atoms with E-state index in [-0.39, 0.29) is 5.97 Å². The van der Waals surface area contributed by atoms with Gasteiger partial charge in [0, 0.05) is 24.6 Å². The second-order valence-electron chi connectivity index (χ2n) is 5.99. The van der Waals surface area contributed by atoms with Crippen molar-refractivity contribution in [2.45, 2.75) is 71.8 Å². The number of hydrogen-bond donors (Lipinski definition) is 0. The summed E-state index contributed by atoms with van der Waals surface area (Å²) in [6.07, 6.45) is 17.0. The molecule has 1 heterocycles. The summed E-state index contributed by atoms with van der Waals surface area (Å²) >= 11 is 0. The Morgan fingerprint density at radius 1 is 1.00 bits per heavy atom. The molecular weight excluding hydrogens is 286 g/mol. The SMILES string of the molecule is CCCCCCOC(=O)/C=C/c1cc[n+](CCCCCC)cc1. The largest absolute Gasteiger partial charge is 0.463 e. The van der Waals surface area contributed by atoms with Gasteiger partial charge in [0.05, 0.1) is 6.61 Å². The van der Waals surface area contributed by atoms with Crippen LogP contribution in [0.15, 0.2) is 30.6 Å². The summed E-state index contributed by atoms with van der Waals surface area (Å²) in [6, 6.07) is 4.07. The Labute approximate surface area is 141 Å². The second kappa shape index (κ2) is 12.9. The first-order chi connectivity index (χ1) is 11.3. The second-order valence-corrected chi connectivity index (χ2v) is 5.99. The van der Waals surface area contributed by atoms with E-state index >= 15 is 0 Å². The molecule has 0 fully saturated rings. The average molecular weight is 318 g/mol. The van der Waals surface area contributed by atoms with Gasteiger partial charge in [-0.3, -0.25) is 0 Å². The van der Waals surface area contributed by atoms with Gasteiger partial charge >= 0.3 is 5.97 Å². The first-order valence-electron chi connectivity index (χ1n) is 9.10. The molecule has 0 radical (unpaired) electrons. The molecule has 0 aliphatic carbocycles. The third-order valence-electron chi connectivity index (χ3n) is 3.84. The highest BCUT2D eigenvalue weighted by atomic mass is 16.5. The van der Waals surface area contributed by atoms with E-state index in [9.17, 15) is 4.79 Å². The molecule has 3 nitrogen and oxygen atoms in total. The van der Waals surface area contributed by atoms with E-state index < -0.39 is 0 Å². The minimum Gasteiger partial charge on any atom is -0.463 e. The van der Waals surface area contributed by atoms with Gasteiger partial charge in [-0.25, -0.2) is 9.36 Å². The maximum Gasteiger partial charge on any atom is 0.330 e. The fourth-order valence-electron chi connectivity index (χ4n) is 2.36. The number of carbonyl (C=O) groups excluding carboxylic acids is 1. The molecule has 0 atom stereocenters. The molecule has 0 aliphatic heterocycles. The number of esters is 1. The molecule has 23 heavy (non-hydrogen) atoms. The lowest BCUT2D eigenvalue weighted by atomic mass is 10.2. The molecule has 128 valence electrons. The maximum absolute atomic E-state index is 11.6. The van der Waals surface area contributed by atoms with Crippen molar-refractivity contribution < 1.29 is 14.1 Å². The van der Waals surface area contributed by atoms with Gasteiger partial charge in [-0.15, -0.1) is 0 Å². The number of ether oxygens (including phenoxy) is 1. The first-order valence-corrected chi connectivity index (χ1v) is 9.10. The summed E-state index contributed by atoms with van der Waals surface area (Å²) in [5.41, 5.74) is 1.03. The van der Waals surface area contributed by atoms with Crippen LogP contribution in [0.5, 0.6) is 0 Å². The standard InChI is InChI=1S/C20H32NO2/c1-3-5-7-9-15-21-16-13-19(14-17-21)11-12-20(22)23-18-10-8-6-4-2/h11-14,16-17H,3-10,15,18H2,1-2H3/q+1/b12-11+. The van der Waals surface area contributed by atoms with Gasteiger partial charge in [-0.05, 0) is 24.5 Å². The fourth-order valence-corrected chi connectivity index (χ4v) is 2.36. The average Bonchev–Trinajstić information content (AvgIpc) is 2.58. The van der Waals surface area contributed by atoms with Crippen LogP contribution in [-0.2, 0) is 16.1 Å². The van der Waals surface area contributed by atoms with Crippen LogP contribution < -0.4 is 4.57 Å².